The first-order valence-corrected chi connectivity index (χ1v) is 6.80. The van der Waals surface area contributed by atoms with E-state index in [-0.39, 0.29) is 23.9 Å². The molecule has 0 unspecified atom stereocenters. The van der Waals surface area contributed by atoms with E-state index in [1.807, 2.05) is 13.0 Å². The monoisotopic (exact) mass is 323 g/mol. The molecule has 0 aliphatic heterocycles. The minimum atomic E-state index is -0.555. The van der Waals surface area contributed by atoms with Crippen molar-refractivity contribution in [3.05, 3.63) is 51.2 Å². The molecule has 0 bridgehead atoms. The number of nitrogens with one attached hydrogen (secondary N) is 1. The van der Waals surface area contributed by atoms with Crippen LogP contribution in [0.25, 0.3) is 0 Å². The number of halogens is 1. The summed E-state index contributed by atoms with van der Waals surface area (Å²) in [5, 5.41) is 22.5. The first kappa shape index (κ1) is 16.0. The number of aliphatic hydroxyl groups is 1. The number of hydrogen-bond donors (Lipinski definition) is 2. The Labute approximate surface area is 131 Å². The molecular formula is C14H14ClN3O4. The van der Waals surface area contributed by atoms with Crippen molar-refractivity contribution in [1.29, 1.82) is 0 Å². The average Bonchev–Trinajstić information content (AvgIpc) is 2.48. The van der Waals surface area contributed by atoms with Gasteiger partial charge in [-0.2, -0.15) is 0 Å². The number of nitro groups is 1. The largest absolute Gasteiger partial charge is 0.491 e. The number of pyridine rings is 1. The van der Waals surface area contributed by atoms with Gasteiger partial charge in [0.1, 0.15) is 24.4 Å². The van der Waals surface area contributed by atoms with Gasteiger partial charge in [-0.15, -0.1) is 0 Å². The van der Waals surface area contributed by atoms with Crippen molar-refractivity contribution < 1.29 is 14.8 Å². The number of aliphatic hydroxyl groups excluding tert-OH is 1. The van der Waals surface area contributed by atoms with E-state index in [9.17, 15) is 10.1 Å². The van der Waals surface area contributed by atoms with Gasteiger partial charge in [0.2, 0.25) is 0 Å². The summed E-state index contributed by atoms with van der Waals surface area (Å²) in [5.74, 6) is 0.998. The molecule has 0 saturated heterocycles. The molecule has 2 rings (SSSR count). The van der Waals surface area contributed by atoms with Crippen LogP contribution in [0.5, 0.6) is 5.75 Å². The molecule has 8 heteroatoms. The topological polar surface area (TPSA) is 97.5 Å². The van der Waals surface area contributed by atoms with Gasteiger partial charge in [0, 0.05) is 11.8 Å². The van der Waals surface area contributed by atoms with E-state index in [0.29, 0.717) is 11.6 Å². The number of anilines is 2. The second-order valence-corrected chi connectivity index (χ2v) is 4.87. The average molecular weight is 324 g/mol. The van der Waals surface area contributed by atoms with Crippen molar-refractivity contribution in [2.24, 2.45) is 0 Å². The summed E-state index contributed by atoms with van der Waals surface area (Å²) in [6, 6.07) is 6.58. The zero-order chi connectivity index (χ0) is 16.1. The Balaban J connectivity index is 2.17. The van der Waals surface area contributed by atoms with Gasteiger partial charge in [-0.25, -0.2) is 4.98 Å². The van der Waals surface area contributed by atoms with Crippen molar-refractivity contribution in [2.75, 3.05) is 18.5 Å². The predicted molar refractivity (Wildman–Crippen MR) is 82.9 cm³/mol. The molecule has 0 aliphatic carbocycles. The van der Waals surface area contributed by atoms with Crippen LogP contribution in [0.3, 0.4) is 0 Å². The van der Waals surface area contributed by atoms with Crippen molar-refractivity contribution in [3.8, 4) is 5.75 Å². The lowest BCUT2D eigenvalue weighted by Crippen LogP contribution is -2.03. The molecule has 1 aromatic heterocycles. The van der Waals surface area contributed by atoms with Crippen molar-refractivity contribution >= 4 is 28.8 Å². The minimum absolute atomic E-state index is 0.0538. The first-order chi connectivity index (χ1) is 10.5. The number of hydrogen-bond acceptors (Lipinski definition) is 6. The molecule has 2 aromatic rings. The number of nitrogens with zero attached hydrogens (tertiary/aromatic N) is 2. The molecule has 2 N–H and O–H groups in total. The molecule has 0 saturated carbocycles. The summed E-state index contributed by atoms with van der Waals surface area (Å²) in [6.07, 6.45) is 1.14. The fourth-order valence-electron chi connectivity index (χ4n) is 1.80. The second kappa shape index (κ2) is 7.06. The lowest BCUT2D eigenvalue weighted by molar-refractivity contribution is -0.385. The minimum Gasteiger partial charge on any atom is -0.491 e. The molecule has 0 atom stereocenters. The van der Waals surface area contributed by atoms with Gasteiger partial charge >= 0.3 is 0 Å². The van der Waals surface area contributed by atoms with Crippen LogP contribution in [-0.2, 0) is 0 Å². The van der Waals surface area contributed by atoms with Crippen LogP contribution >= 0.6 is 11.6 Å². The first-order valence-electron chi connectivity index (χ1n) is 6.42. The third-order valence-electron chi connectivity index (χ3n) is 2.82. The SMILES string of the molecule is Cc1cc(Nc2ncc([N+](=O)[O-])cc2Cl)ccc1OCCO. The van der Waals surface area contributed by atoms with Gasteiger partial charge in [-0.1, -0.05) is 11.6 Å². The number of rotatable bonds is 6. The fourth-order valence-corrected chi connectivity index (χ4v) is 2.01. The number of benzene rings is 1. The molecule has 0 amide bonds. The smallest absolute Gasteiger partial charge is 0.289 e. The van der Waals surface area contributed by atoms with E-state index in [1.165, 1.54) is 6.07 Å². The Morgan fingerprint density at radius 1 is 1.45 bits per heavy atom. The Hall–Kier alpha value is -2.38. The van der Waals surface area contributed by atoms with E-state index in [0.717, 1.165) is 17.4 Å². The second-order valence-electron chi connectivity index (χ2n) is 4.46. The highest BCUT2D eigenvalue weighted by atomic mass is 35.5. The molecule has 1 aromatic carbocycles. The maximum atomic E-state index is 10.6. The Kier molecular flexibility index (Phi) is 5.13. The molecule has 0 fully saturated rings. The van der Waals surface area contributed by atoms with Crippen LogP contribution in [-0.4, -0.2) is 28.2 Å². The number of aryl methyl sites for hydroxylation is 1. The molecule has 7 nitrogen and oxygen atoms in total. The van der Waals surface area contributed by atoms with Gasteiger partial charge in [-0.05, 0) is 30.7 Å². The lowest BCUT2D eigenvalue weighted by atomic mass is 10.2. The van der Waals surface area contributed by atoms with E-state index in [4.69, 9.17) is 21.4 Å². The highest BCUT2D eigenvalue weighted by Gasteiger charge is 2.11. The third kappa shape index (κ3) is 3.84. The highest BCUT2D eigenvalue weighted by Crippen LogP contribution is 2.28. The van der Waals surface area contributed by atoms with Crippen molar-refractivity contribution in [1.82, 2.24) is 4.98 Å². The lowest BCUT2D eigenvalue weighted by Gasteiger charge is -2.11. The van der Waals surface area contributed by atoms with Gasteiger partial charge in [-0.3, -0.25) is 10.1 Å². The van der Waals surface area contributed by atoms with Crippen molar-refractivity contribution in [3.63, 3.8) is 0 Å². The fraction of sp³-hybridized carbons (Fsp3) is 0.214. The van der Waals surface area contributed by atoms with Gasteiger partial charge in [0.05, 0.1) is 16.6 Å². The Morgan fingerprint density at radius 3 is 2.82 bits per heavy atom. The van der Waals surface area contributed by atoms with Gasteiger partial charge in [0.25, 0.3) is 5.69 Å². The Morgan fingerprint density at radius 2 is 2.23 bits per heavy atom. The molecule has 0 radical (unpaired) electrons. The zero-order valence-electron chi connectivity index (χ0n) is 11.7. The van der Waals surface area contributed by atoms with E-state index < -0.39 is 4.92 Å². The van der Waals surface area contributed by atoms with Crippen LogP contribution in [0.15, 0.2) is 30.5 Å². The maximum Gasteiger partial charge on any atom is 0.289 e. The van der Waals surface area contributed by atoms with Crippen LogP contribution < -0.4 is 10.1 Å². The summed E-state index contributed by atoms with van der Waals surface area (Å²) in [5.41, 5.74) is 1.42. The third-order valence-corrected chi connectivity index (χ3v) is 3.11. The van der Waals surface area contributed by atoms with E-state index in [2.05, 4.69) is 10.3 Å². The summed E-state index contributed by atoms with van der Waals surface area (Å²) in [6.45, 7) is 2.04. The standard InChI is InChI=1S/C14H14ClN3O4/c1-9-6-10(2-3-13(9)22-5-4-19)17-14-12(15)7-11(8-16-14)18(20)21/h2-3,6-8,19H,4-5H2,1H3,(H,16,17). The molecule has 1 heterocycles. The quantitative estimate of drug-likeness (QED) is 0.626. The summed E-state index contributed by atoms with van der Waals surface area (Å²) >= 11 is 5.98. The molecule has 116 valence electrons. The predicted octanol–water partition coefficient (Wildman–Crippen LogP) is 3.07. The number of ether oxygens (including phenoxy) is 1. The van der Waals surface area contributed by atoms with Crippen molar-refractivity contribution in [2.45, 2.75) is 6.92 Å². The summed E-state index contributed by atoms with van der Waals surface area (Å²) in [4.78, 5) is 14.0. The van der Waals surface area contributed by atoms with E-state index in [1.54, 1.807) is 12.1 Å². The highest BCUT2D eigenvalue weighted by molar-refractivity contribution is 6.33. The van der Waals surface area contributed by atoms with E-state index >= 15 is 0 Å². The molecule has 0 aliphatic rings. The summed E-state index contributed by atoms with van der Waals surface area (Å²) in [7, 11) is 0. The molecular weight excluding hydrogens is 310 g/mol. The summed E-state index contributed by atoms with van der Waals surface area (Å²) < 4.78 is 5.36. The molecule has 0 spiro atoms. The van der Waals surface area contributed by atoms with Crippen LogP contribution in [0, 0.1) is 17.0 Å². The van der Waals surface area contributed by atoms with Crippen LogP contribution in [0.4, 0.5) is 17.2 Å². The van der Waals surface area contributed by atoms with Gasteiger partial charge < -0.3 is 15.2 Å². The van der Waals surface area contributed by atoms with Crippen LogP contribution in [0.1, 0.15) is 5.56 Å². The maximum absolute atomic E-state index is 10.6. The Bertz CT molecular complexity index is 694. The normalized spacial score (nSPS) is 10.3. The zero-order valence-corrected chi connectivity index (χ0v) is 12.5. The van der Waals surface area contributed by atoms with Gasteiger partial charge in [0.15, 0.2) is 0 Å². The van der Waals surface area contributed by atoms with Crippen LogP contribution in [0.2, 0.25) is 5.02 Å². The number of aromatic nitrogens is 1. The molecule has 22 heavy (non-hydrogen) atoms.